The van der Waals surface area contributed by atoms with Crippen molar-refractivity contribution in [1.82, 2.24) is 0 Å². The van der Waals surface area contributed by atoms with Gasteiger partial charge in [-0.15, -0.1) is 0 Å². The van der Waals surface area contributed by atoms with Crippen LogP contribution in [-0.2, 0) is 0 Å². The van der Waals surface area contributed by atoms with Gasteiger partial charge in [-0.05, 0) is 37.5 Å². The zero-order valence-electron chi connectivity index (χ0n) is 7.69. The Bertz CT molecular complexity index is 245. The van der Waals surface area contributed by atoms with Gasteiger partial charge in [0.1, 0.15) is 0 Å². The third kappa shape index (κ3) is 0.901. The van der Waals surface area contributed by atoms with Gasteiger partial charge in [0.05, 0.1) is 11.7 Å². The average Bonchev–Trinajstić information content (AvgIpc) is 2.07. The second kappa shape index (κ2) is 2.27. The van der Waals surface area contributed by atoms with Crippen molar-refractivity contribution < 1.29 is 10.2 Å². The van der Waals surface area contributed by atoms with E-state index in [1.807, 2.05) is 0 Å². The molecule has 0 aromatic heterocycles. The molecule has 0 amide bonds. The fraction of sp³-hybridized carbons (Fsp3) is 1.00. The predicted molar refractivity (Wildman–Crippen MR) is 47.9 cm³/mol. The number of hydrogen-bond donors (Lipinski definition) is 3. The van der Waals surface area contributed by atoms with E-state index in [4.69, 9.17) is 5.73 Å². The summed E-state index contributed by atoms with van der Waals surface area (Å²) in [5, 5.41) is 20.1. The Morgan fingerprint density at radius 2 is 2.00 bits per heavy atom. The summed E-state index contributed by atoms with van der Waals surface area (Å²) in [5.74, 6) is 1.25. The average molecular weight is 183 g/mol. The van der Waals surface area contributed by atoms with Crippen LogP contribution < -0.4 is 5.73 Å². The van der Waals surface area contributed by atoms with Gasteiger partial charge in [-0.25, -0.2) is 0 Å². The van der Waals surface area contributed by atoms with E-state index in [1.165, 1.54) is 6.42 Å². The number of aliphatic hydroxyl groups excluding tert-OH is 1. The molecule has 0 aromatic carbocycles. The molecule has 3 nitrogen and oxygen atoms in total. The molecule has 4 unspecified atom stereocenters. The summed E-state index contributed by atoms with van der Waals surface area (Å²) >= 11 is 0. The molecular formula is C10H17NO2. The molecule has 4 aliphatic carbocycles. The van der Waals surface area contributed by atoms with Crippen molar-refractivity contribution in [2.24, 2.45) is 23.5 Å². The van der Waals surface area contributed by atoms with Gasteiger partial charge in [-0.1, -0.05) is 0 Å². The van der Waals surface area contributed by atoms with E-state index in [0.717, 1.165) is 19.3 Å². The van der Waals surface area contributed by atoms with Crippen LogP contribution in [0.1, 0.15) is 25.7 Å². The van der Waals surface area contributed by atoms with Gasteiger partial charge in [0.25, 0.3) is 0 Å². The molecule has 4 rings (SSSR count). The van der Waals surface area contributed by atoms with Crippen molar-refractivity contribution in [1.29, 1.82) is 0 Å². The third-order valence-electron chi connectivity index (χ3n) is 4.49. The zero-order chi connectivity index (χ0) is 9.22. The van der Waals surface area contributed by atoms with Crippen LogP contribution in [0, 0.1) is 17.8 Å². The summed E-state index contributed by atoms with van der Waals surface area (Å²) < 4.78 is 0. The van der Waals surface area contributed by atoms with E-state index in [1.54, 1.807) is 0 Å². The van der Waals surface area contributed by atoms with E-state index >= 15 is 0 Å². The van der Waals surface area contributed by atoms with E-state index in [0.29, 0.717) is 11.8 Å². The van der Waals surface area contributed by atoms with Crippen molar-refractivity contribution in [3.8, 4) is 0 Å². The molecule has 0 aliphatic heterocycles. The van der Waals surface area contributed by atoms with Crippen LogP contribution in [-0.4, -0.2) is 28.0 Å². The second-order valence-corrected chi connectivity index (χ2v) is 5.30. The fourth-order valence-corrected chi connectivity index (χ4v) is 3.98. The molecule has 3 heteroatoms. The van der Waals surface area contributed by atoms with Crippen LogP contribution in [0.5, 0.6) is 0 Å². The van der Waals surface area contributed by atoms with Crippen LogP contribution in [0.2, 0.25) is 0 Å². The molecule has 4 aliphatic rings. The standard InChI is InChI=1S/C10H17NO2/c11-8-6-1-5-2-7(8)9(12)10(13,3-5)4-6/h5-9,12-13H,1-4,11H2/t5?,6?,7-,8?,9?,10+/m0/s1. The molecule has 6 atom stereocenters. The molecule has 0 saturated heterocycles. The van der Waals surface area contributed by atoms with Crippen molar-refractivity contribution in [2.45, 2.75) is 43.4 Å². The third-order valence-corrected chi connectivity index (χ3v) is 4.49. The maximum Gasteiger partial charge on any atom is 0.0914 e. The lowest BCUT2D eigenvalue weighted by Gasteiger charge is -2.59. The monoisotopic (exact) mass is 183 g/mol. The summed E-state index contributed by atoms with van der Waals surface area (Å²) in [5.41, 5.74) is 5.26. The second-order valence-electron chi connectivity index (χ2n) is 5.30. The first-order valence-electron chi connectivity index (χ1n) is 5.26. The zero-order valence-corrected chi connectivity index (χ0v) is 7.69. The molecule has 4 saturated carbocycles. The summed E-state index contributed by atoms with van der Waals surface area (Å²) in [6, 6.07) is 0.131. The summed E-state index contributed by atoms with van der Waals surface area (Å²) in [4.78, 5) is 0. The fourth-order valence-electron chi connectivity index (χ4n) is 3.98. The molecule has 4 N–H and O–H groups in total. The van der Waals surface area contributed by atoms with Crippen LogP contribution in [0.15, 0.2) is 0 Å². The van der Waals surface area contributed by atoms with Gasteiger partial charge >= 0.3 is 0 Å². The molecule has 4 bridgehead atoms. The minimum absolute atomic E-state index is 0.131. The predicted octanol–water partition coefficient (Wildman–Crippen LogP) is -0.145. The normalized spacial score (nSPS) is 64.4. The first kappa shape index (κ1) is 8.21. The van der Waals surface area contributed by atoms with E-state index in [-0.39, 0.29) is 12.0 Å². The summed E-state index contributed by atoms with van der Waals surface area (Å²) in [6.07, 6.45) is 3.17. The Labute approximate surface area is 77.9 Å². The highest BCUT2D eigenvalue weighted by atomic mass is 16.3. The number of aliphatic hydroxyl groups is 2. The summed E-state index contributed by atoms with van der Waals surface area (Å²) in [6.45, 7) is 0. The molecule has 0 heterocycles. The smallest absolute Gasteiger partial charge is 0.0914 e. The van der Waals surface area contributed by atoms with Gasteiger partial charge < -0.3 is 15.9 Å². The van der Waals surface area contributed by atoms with Crippen LogP contribution >= 0.6 is 0 Å². The van der Waals surface area contributed by atoms with Crippen molar-refractivity contribution in [3.63, 3.8) is 0 Å². The van der Waals surface area contributed by atoms with Crippen molar-refractivity contribution >= 4 is 0 Å². The lowest BCUT2D eigenvalue weighted by molar-refractivity contribution is -0.210. The Kier molecular flexibility index (Phi) is 1.43. The number of hydrogen-bond acceptors (Lipinski definition) is 3. The molecular weight excluding hydrogens is 166 g/mol. The van der Waals surface area contributed by atoms with Gasteiger partial charge in [-0.2, -0.15) is 0 Å². The minimum atomic E-state index is -0.785. The lowest BCUT2D eigenvalue weighted by Crippen LogP contribution is -2.67. The highest BCUT2D eigenvalue weighted by Gasteiger charge is 2.59. The minimum Gasteiger partial charge on any atom is -0.390 e. The van der Waals surface area contributed by atoms with Crippen molar-refractivity contribution in [2.75, 3.05) is 0 Å². The van der Waals surface area contributed by atoms with E-state index in [9.17, 15) is 10.2 Å². The topological polar surface area (TPSA) is 66.5 Å². The largest absolute Gasteiger partial charge is 0.390 e. The molecule has 0 spiro atoms. The highest BCUT2D eigenvalue weighted by molar-refractivity contribution is 5.11. The number of rotatable bonds is 0. The van der Waals surface area contributed by atoms with Crippen LogP contribution in [0.4, 0.5) is 0 Å². The Hall–Kier alpha value is -0.120. The Morgan fingerprint density at radius 3 is 2.77 bits per heavy atom. The van der Waals surface area contributed by atoms with Crippen molar-refractivity contribution in [3.05, 3.63) is 0 Å². The molecule has 0 radical (unpaired) electrons. The molecule has 4 fully saturated rings. The quantitative estimate of drug-likeness (QED) is 0.489. The SMILES string of the molecule is NC1C2CC3C[C@@H]1C(O)[C@@](O)(C3)C2. The molecule has 13 heavy (non-hydrogen) atoms. The van der Waals surface area contributed by atoms with Gasteiger partial charge in [0, 0.05) is 12.0 Å². The van der Waals surface area contributed by atoms with E-state index < -0.39 is 11.7 Å². The van der Waals surface area contributed by atoms with Gasteiger partial charge in [0.15, 0.2) is 0 Å². The number of nitrogens with two attached hydrogens (primary N) is 1. The molecule has 74 valence electrons. The molecule has 0 aromatic rings. The van der Waals surface area contributed by atoms with Gasteiger partial charge in [-0.3, -0.25) is 0 Å². The summed E-state index contributed by atoms with van der Waals surface area (Å²) in [7, 11) is 0. The van der Waals surface area contributed by atoms with Gasteiger partial charge in [0.2, 0.25) is 0 Å². The lowest BCUT2D eigenvalue weighted by atomic mass is 9.51. The van der Waals surface area contributed by atoms with Crippen LogP contribution in [0.25, 0.3) is 0 Å². The Balaban J connectivity index is 1.99. The Morgan fingerprint density at radius 1 is 1.23 bits per heavy atom. The first-order valence-corrected chi connectivity index (χ1v) is 5.26. The highest BCUT2D eigenvalue weighted by Crippen LogP contribution is 2.55. The first-order chi connectivity index (χ1) is 6.10. The maximum absolute atomic E-state index is 10.2. The van der Waals surface area contributed by atoms with Crippen LogP contribution in [0.3, 0.4) is 0 Å². The maximum atomic E-state index is 10.2. The van der Waals surface area contributed by atoms with E-state index in [2.05, 4.69) is 0 Å².